The van der Waals surface area contributed by atoms with Crippen LogP contribution in [0.3, 0.4) is 0 Å². The minimum Gasteiger partial charge on any atom is -0.448 e. The summed E-state index contributed by atoms with van der Waals surface area (Å²) in [5.74, 6) is 0. The molecule has 1 saturated heterocycles. The average Bonchev–Trinajstić information content (AvgIpc) is 3.20. The van der Waals surface area contributed by atoms with E-state index in [4.69, 9.17) is 20.3 Å². The predicted molar refractivity (Wildman–Crippen MR) is 121 cm³/mol. The molecule has 1 atom stereocenters. The van der Waals surface area contributed by atoms with Gasteiger partial charge in [0.2, 0.25) is 0 Å². The van der Waals surface area contributed by atoms with Gasteiger partial charge in [0.15, 0.2) is 0 Å². The number of amides is 1. The first kappa shape index (κ1) is 22.0. The Morgan fingerprint density at radius 1 is 1.34 bits per heavy atom. The molecule has 2 N–H and O–H groups in total. The van der Waals surface area contributed by atoms with Crippen molar-refractivity contribution in [1.29, 1.82) is 0 Å². The normalized spacial score (nSPS) is 16.5. The van der Waals surface area contributed by atoms with E-state index in [1.54, 1.807) is 11.6 Å². The van der Waals surface area contributed by atoms with E-state index in [9.17, 15) is 9.59 Å². The summed E-state index contributed by atoms with van der Waals surface area (Å²) in [6.45, 7) is 1.93. The van der Waals surface area contributed by atoms with Crippen LogP contribution in [0.1, 0.15) is 31.1 Å². The molecule has 1 fully saturated rings. The molecule has 0 saturated carbocycles. The quantitative estimate of drug-likeness (QED) is 0.607. The number of likely N-dealkylation sites (N-methyl/N-ethyl adjacent to an activating group) is 1. The van der Waals surface area contributed by atoms with E-state index in [-0.39, 0.29) is 18.4 Å². The number of para-hydroxylation sites is 1. The number of ether oxygens (including phenoxy) is 2. The monoisotopic (exact) mass is 439 g/mol. The molecule has 1 aromatic carbocycles. The summed E-state index contributed by atoms with van der Waals surface area (Å²) in [6.07, 6.45) is 4.05. The van der Waals surface area contributed by atoms with Crippen molar-refractivity contribution in [3.8, 4) is 11.3 Å². The van der Waals surface area contributed by atoms with E-state index in [0.717, 1.165) is 35.7 Å². The number of nitrogens with zero attached hydrogens (tertiary/aromatic N) is 4. The summed E-state index contributed by atoms with van der Waals surface area (Å²) in [4.78, 5) is 26.1. The number of carbonyl (C=O) groups excluding carboxylic acids is 1. The van der Waals surface area contributed by atoms with Gasteiger partial charge in [-0.1, -0.05) is 18.2 Å². The van der Waals surface area contributed by atoms with E-state index in [1.165, 1.54) is 0 Å². The lowest BCUT2D eigenvalue weighted by atomic mass is 10.1. The molecule has 1 unspecified atom stereocenters. The van der Waals surface area contributed by atoms with Crippen molar-refractivity contribution in [2.24, 2.45) is 12.8 Å². The van der Waals surface area contributed by atoms with Gasteiger partial charge in [-0.3, -0.25) is 9.69 Å². The number of rotatable bonds is 7. The molecular formula is C23H29N5O4. The molecule has 1 amide bonds. The molecule has 1 aliphatic heterocycles. The topological polar surface area (TPSA) is 105 Å². The van der Waals surface area contributed by atoms with Gasteiger partial charge >= 0.3 is 6.09 Å². The van der Waals surface area contributed by atoms with Crippen LogP contribution in [0.15, 0.2) is 41.3 Å². The van der Waals surface area contributed by atoms with Gasteiger partial charge in [-0.2, -0.15) is 5.10 Å². The van der Waals surface area contributed by atoms with Crippen LogP contribution in [0.25, 0.3) is 22.2 Å². The van der Waals surface area contributed by atoms with Crippen LogP contribution < -0.4 is 11.3 Å². The maximum atomic E-state index is 13.3. The van der Waals surface area contributed by atoms with Crippen molar-refractivity contribution in [2.75, 3.05) is 26.8 Å². The number of hydrogen-bond acceptors (Lipinski definition) is 6. The zero-order chi connectivity index (χ0) is 22.7. The summed E-state index contributed by atoms with van der Waals surface area (Å²) >= 11 is 0. The number of hydrogen-bond donors (Lipinski definition) is 1. The Morgan fingerprint density at radius 2 is 2.16 bits per heavy atom. The summed E-state index contributed by atoms with van der Waals surface area (Å²) in [7, 11) is 3.70. The molecule has 1 aliphatic rings. The Morgan fingerprint density at radius 3 is 2.91 bits per heavy atom. The van der Waals surface area contributed by atoms with E-state index >= 15 is 0 Å². The molecule has 9 heteroatoms. The second-order valence-corrected chi connectivity index (χ2v) is 8.19. The van der Waals surface area contributed by atoms with Gasteiger partial charge in [0.25, 0.3) is 5.56 Å². The minimum atomic E-state index is -0.791. The fourth-order valence-corrected chi connectivity index (χ4v) is 4.12. The molecule has 9 nitrogen and oxygen atoms in total. The number of fused-ring (bicyclic) bond motifs is 1. The Labute approximate surface area is 186 Å². The molecule has 0 aliphatic carbocycles. The van der Waals surface area contributed by atoms with Crippen LogP contribution >= 0.6 is 0 Å². The van der Waals surface area contributed by atoms with Gasteiger partial charge in [0.1, 0.15) is 18.5 Å². The van der Waals surface area contributed by atoms with Crippen LogP contribution in [0.2, 0.25) is 0 Å². The lowest BCUT2D eigenvalue weighted by Gasteiger charge is -2.22. The van der Waals surface area contributed by atoms with Gasteiger partial charge in [-0.15, -0.1) is 0 Å². The lowest BCUT2D eigenvalue weighted by molar-refractivity contribution is -0.0394. The molecular weight excluding hydrogens is 410 g/mol. The van der Waals surface area contributed by atoms with E-state index in [1.807, 2.05) is 53.2 Å². The zero-order valence-electron chi connectivity index (χ0n) is 18.5. The van der Waals surface area contributed by atoms with E-state index in [0.29, 0.717) is 31.0 Å². The smallest absolute Gasteiger partial charge is 0.404 e. The van der Waals surface area contributed by atoms with Crippen molar-refractivity contribution in [3.05, 3.63) is 52.4 Å². The van der Waals surface area contributed by atoms with Gasteiger partial charge in [0, 0.05) is 38.5 Å². The maximum Gasteiger partial charge on any atom is 0.404 e. The lowest BCUT2D eigenvalue weighted by Crippen LogP contribution is -2.26. The summed E-state index contributed by atoms with van der Waals surface area (Å²) in [5, 5.41) is 5.80. The molecule has 4 rings (SSSR count). The fourth-order valence-electron chi connectivity index (χ4n) is 4.12. The molecule has 170 valence electrons. The average molecular weight is 440 g/mol. The number of pyridine rings is 1. The second-order valence-electron chi connectivity index (χ2n) is 8.19. The fraction of sp³-hybridized carbons (Fsp3) is 0.435. The Hall–Kier alpha value is -3.17. The molecule has 32 heavy (non-hydrogen) atoms. The van der Waals surface area contributed by atoms with Crippen LogP contribution in [-0.2, 0) is 23.1 Å². The SMILES string of the molecule is CN(CCOC(N)=O)Cc1cn(C2CCCCO2)nc1-c1cc2ccccc2n(C)c1=O. The van der Waals surface area contributed by atoms with Gasteiger partial charge < -0.3 is 19.8 Å². The standard InChI is InChI=1S/C23H29N5O4/c1-26(10-12-32-23(24)30)14-17-15-28(20-9-5-6-11-31-20)25-21(17)18-13-16-7-3-4-8-19(16)27(2)22(18)29/h3-4,7-8,13,15,20H,5-6,9-12,14H2,1-2H3,(H2,24,30). The Kier molecular flexibility index (Phi) is 6.57. The third-order valence-electron chi connectivity index (χ3n) is 5.80. The Bertz CT molecular complexity index is 1160. The first-order valence-electron chi connectivity index (χ1n) is 10.8. The van der Waals surface area contributed by atoms with Crippen molar-refractivity contribution in [1.82, 2.24) is 19.2 Å². The summed E-state index contributed by atoms with van der Waals surface area (Å²) < 4.78 is 14.3. The molecule has 0 spiro atoms. The number of nitrogens with two attached hydrogens (primary N) is 1. The highest BCUT2D eigenvalue weighted by Gasteiger charge is 2.22. The van der Waals surface area contributed by atoms with E-state index < -0.39 is 6.09 Å². The molecule has 3 heterocycles. The first-order chi connectivity index (χ1) is 15.4. The maximum absolute atomic E-state index is 13.3. The van der Waals surface area contributed by atoms with Crippen molar-refractivity contribution in [2.45, 2.75) is 32.0 Å². The number of carbonyl (C=O) groups is 1. The second kappa shape index (κ2) is 9.54. The van der Waals surface area contributed by atoms with Gasteiger partial charge in [0.05, 0.1) is 11.1 Å². The molecule has 2 aromatic heterocycles. The molecule has 3 aromatic rings. The number of primary amides is 1. The van der Waals surface area contributed by atoms with Crippen molar-refractivity contribution >= 4 is 17.0 Å². The van der Waals surface area contributed by atoms with Crippen molar-refractivity contribution in [3.63, 3.8) is 0 Å². The Balaban J connectivity index is 1.72. The largest absolute Gasteiger partial charge is 0.448 e. The minimum absolute atomic E-state index is 0.0977. The number of aryl methyl sites for hydroxylation is 1. The summed E-state index contributed by atoms with van der Waals surface area (Å²) in [5.41, 5.74) is 7.94. The van der Waals surface area contributed by atoms with Gasteiger partial charge in [-0.05, 0) is 43.8 Å². The number of benzene rings is 1. The van der Waals surface area contributed by atoms with Crippen LogP contribution in [0.4, 0.5) is 4.79 Å². The van der Waals surface area contributed by atoms with Crippen LogP contribution in [-0.4, -0.2) is 52.1 Å². The van der Waals surface area contributed by atoms with E-state index in [2.05, 4.69) is 0 Å². The highest BCUT2D eigenvalue weighted by molar-refractivity contribution is 5.83. The summed E-state index contributed by atoms with van der Waals surface area (Å²) in [6, 6.07) is 9.71. The molecule has 0 radical (unpaired) electrons. The predicted octanol–water partition coefficient (Wildman–Crippen LogP) is 2.63. The molecule has 0 bridgehead atoms. The van der Waals surface area contributed by atoms with Crippen LogP contribution in [0.5, 0.6) is 0 Å². The first-order valence-corrected chi connectivity index (χ1v) is 10.8. The van der Waals surface area contributed by atoms with Crippen LogP contribution in [0, 0.1) is 0 Å². The zero-order valence-corrected chi connectivity index (χ0v) is 18.5. The highest BCUT2D eigenvalue weighted by Crippen LogP contribution is 2.28. The number of aromatic nitrogens is 3. The van der Waals surface area contributed by atoms with Gasteiger partial charge in [-0.25, -0.2) is 9.48 Å². The van der Waals surface area contributed by atoms with Crippen molar-refractivity contribution < 1.29 is 14.3 Å². The highest BCUT2D eigenvalue weighted by atomic mass is 16.5. The third-order valence-corrected chi connectivity index (χ3v) is 5.80. The third kappa shape index (κ3) is 4.68.